The zero-order valence-corrected chi connectivity index (χ0v) is 18.1. The molecule has 0 unspecified atom stereocenters. The molecule has 0 atom stereocenters. The minimum atomic E-state index is -4.67. The van der Waals surface area contributed by atoms with Crippen LogP contribution in [0.1, 0.15) is 30.4 Å². The average Bonchev–Trinajstić information content (AvgIpc) is 3.14. The van der Waals surface area contributed by atoms with E-state index in [2.05, 4.69) is 25.9 Å². The Hall–Kier alpha value is -3.09. The van der Waals surface area contributed by atoms with Crippen LogP contribution >= 0.6 is 0 Å². The number of aromatic nitrogens is 2. The first kappa shape index (κ1) is 25.5. The van der Waals surface area contributed by atoms with Gasteiger partial charge in [-0.2, -0.15) is 31.3 Å². The van der Waals surface area contributed by atoms with E-state index in [4.69, 9.17) is 0 Å². The summed E-state index contributed by atoms with van der Waals surface area (Å²) in [6.45, 7) is 0.0735. The lowest BCUT2D eigenvalue weighted by molar-refractivity contribution is -0.137. The summed E-state index contributed by atoms with van der Waals surface area (Å²) in [6, 6.07) is 6.34. The lowest BCUT2D eigenvalue weighted by Gasteiger charge is -2.17. The summed E-state index contributed by atoms with van der Waals surface area (Å²) in [4.78, 5) is 21.0. The van der Waals surface area contributed by atoms with Crippen LogP contribution in [0, 0.1) is 0 Å². The molecule has 0 radical (unpaired) electrons. The van der Waals surface area contributed by atoms with Crippen molar-refractivity contribution < 1.29 is 31.1 Å². The molecular weight excluding hydrogens is 466 g/mol. The molecule has 1 aromatic heterocycles. The molecule has 2 aromatic rings. The molecule has 13 heteroatoms. The zero-order chi connectivity index (χ0) is 24.8. The van der Waals surface area contributed by atoms with Gasteiger partial charge >= 0.3 is 12.4 Å². The van der Waals surface area contributed by atoms with Crippen molar-refractivity contribution in [3.63, 3.8) is 0 Å². The fraction of sp³-hybridized carbons (Fsp3) is 0.476. The SMILES string of the molecule is O=C1CCCN1CCCNc1nc(Nc2cccc(CNCC(F)(F)F)c2)ncc1C(F)(F)F. The van der Waals surface area contributed by atoms with Crippen molar-refractivity contribution in [1.82, 2.24) is 20.2 Å². The van der Waals surface area contributed by atoms with Crippen molar-refractivity contribution in [3.8, 4) is 0 Å². The number of rotatable bonds is 10. The summed E-state index contributed by atoms with van der Waals surface area (Å²) >= 11 is 0. The minimum absolute atomic E-state index is 0.0420. The van der Waals surface area contributed by atoms with Crippen LogP contribution in [-0.2, 0) is 17.5 Å². The summed E-state index contributed by atoms with van der Waals surface area (Å²) in [6.07, 6.45) is -6.62. The van der Waals surface area contributed by atoms with Crippen molar-refractivity contribution in [3.05, 3.63) is 41.6 Å². The zero-order valence-electron chi connectivity index (χ0n) is 18.1. The number of amides is 1. The van der Waals surface area contributed by atoms with Crippen LogP contribution in [0.5, 0.6) is 0 Å². The summed E-state index contributed by atoms with van der Waals surface area (Å²) in [7, 11) is 0. The van der Waals surface area contributed by atoms with E-state index in [-0.39, 0.29) is 24.9 Å². The molecule has 1 aliphatic heterocycles. The highest BCUT2D eigenvalue weighted by molar-refractivity contribution is 5.78. The molecule has 7 nitrogen and oxygen atoms in total. The molecule has 1 amide bonds. The molecule has 0 aliphatic carbocycles. The molecule has 0 saturated carbocycles. The van der Waals surface area contributed by atoms with E-state index in [1.165, 1.54) is 0 Å². The quantitative estimate of drug-likeness (QED) is 0.340. The van der Waals surface area contributed by atoms with Crippen LogP contribution in [0.4, 0.5) is 43.8 Å². The molecule has 0 bridgehead atoms. The highest BCUT2D eigenvalue weighted by Gasteiger charge is 2.35. The van der Waals surface area contributed by atoms with Crippen LogP contribution in [0.25, 0.3) is 0 Å². The van der Waals surface area contributed by atoms with E-state index in [1.807, 2.05) is 0 Å². The topological polar surface area (TPSA) is 82.2 Å². The Morgan fingerprint density at radius 2 is 1.91 bits per heavy atom. The number of carbonyl (C=O) groups excluding carboxylic acids is 1. The first-order valence-electron chi connectivity index (χ1n) is 10.6. The number of carbonyl (C=O) groups is 1. The van der Waals surface area contributed by atoms with Gasteiger partial charge < -0.3 is 20.9 Å². The number of likely N-dealkylation sites (tertiary alicyclic amines) is 1. The predicted octanol–water partition coefficient (Wildman–Crippen LogP) is 4.32. The number of anilines is 3. The fourth-order valence-corrected chi connectivity index (χ4v) is 3.44. The van der Waals surface area contributed by atoms with Gasteiger partial charge in [-0.25, -0.2) is 4.98 Å². The Kier molecular flexibility index (Phi) is 8.18. The number of halogens is 6. The Labute approximate surface area is 192 Å². The monoisotopic (exact) mass is 490 g/mol. The fourth-order valence-electron chi connectivity index (χ4n) is 3.44. The molecule has 1 fully saturated rings. The molecule has 3 N–H and O–H groups in total. The number of hydrogen-bond donors (Lipinski definition) is 3. The van der Waals surface area contributed by atoms with Gasteiger partial charge in [-0.15, -0.1) is 0 Å². The number of alkyl halides is 6. The van der Waals surface area contributed by atoms with Crippen LogP contribution in [0.2, 0.25) is 0 Å². The first-order chi connectivity index (χ1) is 16.0. The molecule has 3 rings (SSSR count). The van der Waals surface area contributed by atoms with Gasteiger partial charge in [0.05, 0.1) is 6.54 Å². The highest BCUT2D eigenvalue weighted by Crippen LogP contribution is 2.34. The Balaban J connectivity index is 1.64. The molecule has 1 saturated heterocycles. The van der Waals surface area contributed by atoms with E-state index >= 15 is 0 Å². The van der Waals surface area contributed by atoms with Crippen molar-refractivity contribution in [1.29, 1.82) is 0 Å². The van der Waals surface area contributed by atoms with Crippen LogP contribution in [0.3, 0.4) is 0 Å². The summed E-state index contributed by atoms with van der Waals surface area (Å²) in [5.74, 6) is -0.466. The van der Waals surface area contributed by atoms with Crippen molar-refractivity contribution in [2.45, 2.75) is 38.2 Å². The smallest absolute Gasteiger partial charge is 0.369 e. The van der Waals surface area contributed by atoms with E-state index in [9.17, 15) is 31.1 Å². The Morgan fingerprint density at radius 1 is 1.12 bits per heavy atom. The maximum atomic E-state index is 13.4. The third-order valence-electron chi connectivity index (χ3n) is 5.00. The average molecular weight is 490 g/mol. The van der Waals surface area contributed by atoms with Crippen molar-refractivity contribution >= 4 is 23.4 Å². The standard InChI is InChI=1S/C21H24F6N6O/c22-20(23,24)13-28-11-14-4-1-5-15(10-14)31-19-30-12-16(21(25,26)27)18(32-19)29-7-3-9-33-8-2-6-17(33)34/h1,4-5,10,12,28H,2-3,6-9,11,13H2,(H2,29,30,31,32). The maximum Gasteiger partial charge on any atom is 0.421 e. The number of hydrogen-bond acceptors (Lipinski definition) is 6. The lowest BCUT2D eigenvalue weighted by Crippen LogP contribution is -2.28. The Morgan fingerprint density at radius 3 is 2.59 bits per heavy atom. The second-order valence-electron chi connectivity index (χ2n) is 7.76. The highest BCUT2D eigenvalue weighted by atomic mass is 19.4. The van der Waals surface area contributed by atoms with Crippen molar-refractivity contribution in [2.24, 2.45) is 0 Å². The van der Waals surface area contributed by atoms with Crippen molar-refractivity contribution in [2.75, 3.05) is 36.8 Å². The maximum absolute atomic E-state index is 13.4. The first-order valence-corrected chi connectivity index (χ1v) is 10.6. The molecule has 2 heterocycles. The molecular formula is C21H24F6N6O. The van der Waals surface area contributed by atoms with Gasteiger partial charge in [0.2, 0.25) is 11.9 Å². The van der Waals surface area contributed by atoms with Gasteiger partial charge in [-0.05, 0) is 30.5 Å². The number of nitrogens with one attached hydrogen (secondary N) is 3. The third-order valence-corrected chi connectivity index (χ3v) is 5.00. The Bertz CT molecular complexity index is 981. The summed E-state index contributed by atoms with van der Waals surface area (Å²) in [5, 5.41) is 7.73. The minimum Gasteiger partial charge on any atom is -0.369 e. The third kappa shape index (κ3) is 7.75. The number of benzene rings is 1. The molecule has 1 aromatic carbocycles. The van der Waals surface area contributed by atoms with Gasteiger partial charge in [-0.3, -0.25) is 4.79 Å². The summed E-state index contributed by atoms with van der Waals surface area (Å²) in [5.41, 5.74) is -0.0825. The van der Waals surface area contributed by atoms with Crippen LogP contribution in [0.15, 0.2) is 30.5 Å². The molecule has 0 spiro atoms. The molecule has 34 heavy (non-hydrogen) atoms. The molecule has 1 aliphatic rings. The van der Waals surface area contributed by atoms with E-state index in [1.54, 1.807) is 29.2 Å². The molecule has 186 valence electrons. The van der Waals surface area contributed by atoms with E-state index in [0.717, 1.165) is 6.42 Å². The largest absolute Gasteiger partial charge is 0.421 e. The van der Waals surface area contributed by atoms with Gasteiger partial charge in [0, 0.05) is 44.5 Å². The van der Waals surface area contributed by atoms with Gasteiger partial charge in [0.25, 0.3) is 0 Å². The van der Waals surface area contributed by atoms with Crippen LogP contribution < -0.4 is 16.0 Å². The van der Waals surface area contributed by atoms with Gasteiger partial charge in [0.15, 0.2) is 0 Å². The van der Waals surface area contributed by atoms with E-state index < -0.39 is 30.3 Å². The van der Waals surface area contributed by atoms with Gasteiger partial charge in [0.1, 0.15) is 11.4 Å². The number of nitrogens with zero attached hydrogens (tertiary/aromatic N) is 3. The normalized spacial score (nSPS) is 14.5. The van der Waals surface area contributed by atoms with Gasteiger partial charge in [-0.1, -0.05) is 12.1 Å². The lowest BCUT2D eigenvalue weighted by atomic mass is 10.2. The predicted molar refractivity (Wildman–Crippen MR) is 113 cm³/mol. The van der Waals surface area contributed by atoms with Crippen LogP contribution in [-0.4, -0.2) is 53.1 Å². The summed E-state index contributed by atoms with van der Waals surface area (Å²) < 4.78 is 77.0. The second-order valence-corrected chi connectivity index (χ2v) is 7.76. The van der Waals surface area contributed by atoms with E-state index in [0.29, 0.717) is 43.4 Å². The second kappa shape index (κ2) is 10.9.